The van der Waals surface area contributed by atoms with Crippen molar-refractivity contribution in [2.45, 2.75) is 40.5 Å². The molecule has 0 heterocycles. The van der Waals surface area contributed by atoms with E-state index in [-0.39, 0.29) is 0 Å². The molecule has 0 radical (unpaired) electrons. The summed E-state index contributed by atoms with van der Waals surface area (Å²) < 4.78 is 0. The van der Waals surface area contributed by atoms with E-state index in [2.05, 4.69) is 32.6 Å². The molecule has 0 bridgehead atoms. The molecule has 0 saturated heterocycles. The lowest BCUT2D eigenvalue weighted by atomic mass is 10.1. The van der Waals surface area contributed by atoms with Crippen molar-refractivity contribution in [3.8, 4) is 0 Å². The quantitative estimate of drug-likeness (QED) is 0.645. The standard InChI is InChI=1S/C13H25NO/c1-10(2)7-14(8-11(3)4)9-13(15)12-5-6-12/h10-12H,5-9H2,1-4H3. The zero-order valence-electron chi connectivity index (χ0n) is 10.6. The average Bonchev–Trinajstić information content (AvgIpc) is 2.81. The highest BCUT2D eigenvalue weighted by atomic mass is 16.1. The van der Waals surface area contributed by atoms with E-state index in [9.17, 15) is 4.79 Å². The van der Waals surface area contributed by atoms with E-state index < -0.39 is 0 Å². The zero-order chi connectivity index (χ0) is 11.4. The van der Waals surface area contributed by atoms with Gasteiger partial charge in [-0.3, -0.25) is 9.69 Å². The van der Waals surface area contributed by atoms with Crippen molar-refractivity contribution in [3.05, 3.63) is 0 Å². The van der Waals surface area contributed by atoms with Gasteiger partial charge in [-0.2, -0.15) is 0 Å². The van der Waals surface area contributed by atoms with E-state index in [1.807, 2.05) is 0 Å². The van der Waals surface area contributed by atoms with Gasteiger partial charge in [-0.1, -0.05) is 27.7 Å². The largest absolute Gasteiger partial charge is 0.298 e. The number of Topliss-reactive ketones (excluding diaryl/α,β-unsaturated/α-hetero) is 1. The van der Waals surface area contributed by atoms with Gasteiger partial charge in [-0.15, -0.1) is 0 Å². The first-order valence-electron chi connectivity index (χ1n) is 6.24. The van der Waals surface area contributed by atoms with Crippen molar-refractivity contribution in [1.82, 2.24) is 4.90 Å². The normalized spacial score (nSPS) is 16.7. The van der Waals surface area contributed by atoms with Gasteiger partial charge in [0.2, 0.25) is 0 Å². The van der Waals surface area contributed by atoms with Gasteiger partial charge >= 0.3 is 0 Å². The smallest absolute Gasteiger partial charge is 0.149 e. The number of carbonyl (C=O) groups is 1. The Kier molecular flexibility index (Phi) is 4.78. The van der Waals surface area contributed by atoms with Crippen molar-refractivity contribution in [3.63, 3.8) is 0 Å². The minimum Gasteiger partial charge on any atom is -0.298 e. The highest BCUT2D eigenvalue weighted by Crippen LogP contribution is 2.30. The molecular weight excluding hydrogens is 186 g/mol. The fourth-order valence-corrected chi connectivity index (χ4v) is 1.99. The van der Waals surface area contributed by atoms with Crippen LogP contribution in [0.2, 0.25) is 0 Å². The summed E-state index contributed by atoms with van der Waals surface area (Å²) in [6.07, 6.45) is 2.27. The fourth-order valence-electron chi connectivity index (χ4n) is 1.99. The number of hydrogen-bond donors (Lipinski definition) is 0. The molecule has 0 aliphatic heterocycles. The van der Waals surface area contributed by atoms with Gasteiger partial charge in [0.05, 0.1) is 6.54 Å². The molecule has 0 aromatic heterocycles. The first-order valence-corrected chi connectivity index (χ1v) is 6.24. The number of rotatable bonds is 7. The van der Waals surface area contributed by atoms with Crippen LogP contribution < -0.4 is 0 Å². The lowest BCUT2D eigenvalue weighted by Crippen LogP contribution is -2.36. The third-order valence-electron chi connectivity index (χ3n) is 2.66. The van der Waals surface area contributed by atoms with Gasteiger partial charge < -0.3 is 0 Å². The predicted octanol–water partition coefficient (Wildman–Crippen LogP) is 2.58. The van der Waals surface area contributed by atoms with E-state index in [0.717, 1.165) is 25.9 Å². The third-order valence-corrected chi connectivity index (χ3v) is 2.66. The Bertz CT molecular complexity index is 197. The summed E-state index contributed by atoms with van der Waals surface area (Å²) >= 11 is 0. The molecule has 0 unspecified atom stereocenters. The molecule has 1 aliphatic rings. The van der Waals surface area contributed by atoms with Crippen molar-refractivity contribution in [2.24, 2.45) is 17.8 Å². The van der Waals surface area contributed by atoms with Crippen molar-refractivity contribution in [1.29, 1.82) is 0 Å². The molecule has 15 heavy (non-hydrogen) atoms. The molecule has 0 spiro atoms. The Labute approximate surface area is 94.0 Å². The SMILES string of the molecule is CC(C)CN(CC(=O)C1CC1)CC(C)C. The van der Waals surface area contributed by atoms with Gasteiger partial charge in [0.25, 0.3) is 0 Å². The van der Waals surface area contributed by atoms with Gasteiger partial charge in [-0.25, -0.2) is 0 Å². The number of carbonyl (C=O) groups excluding carboxylic acids is 1. The Morgan fingerprint density at radius 3 is 1.93 bits per heavy atom. The van der Waals surface area contributed by atoms with Crippen LogP contribution >= 0.6 is 0 Å². The topological polar surface area (TPSA) is 20.3 Å². The zero-order valence-corrected chi connectivity index (χ0v) is 10.6. The van der Waals surface area contributed by atoms with Crippen molar-refractivity contribution in [2.75, 3.05) is 19.6 Å². The first kappa shape index (κ1) is 12.7. The minimum atomic E-state index is 0.409. The van der Waals surface area contributed by atoms with Crippen LogP contribution in [-0.4, -0.2) is 30.3 Å². The fraction of sp³-hybridized carbons (Fsp3) is 0.923. The Morgan fingerprint density at radius 1 is 1.13 bits per heavy atom. The molecular formula is C13H25NO. The maximum absolute atomic E-state index is 11.7. The maximum atomic E-state index is 11.7. The molecule has 0 amide bonds. The molecule has 2 heteroatoms. The molecule has 0 N–H and O–H groups in total. The Balaban J connectivity index is 2.36. The van der Waals surface area contributed by atoms with Gasteiger partial charge in [0.1, 0.15) is 5.78 Å². The molecule has 1 aliphatic carbocycles. The summed E-state index contributed by atoms with van der Waals surface area (Å²) in [5.74, 6) is 2.18. The van der Waals surface area contributed by atoms with Crippen LogP contribution in [0.1, 0.15) is 40.5 Å². The average molecular weight is 211 g/mol. The van der Waals surface area contributed by atoms with E-state index in [4.69, 9.17) is 0 Å². The highest BCUT2D eigenvalue weighted by molar-refractivity contribution is 5.84. The molecule has 88 valence electrons. The van der Waals surface area contributed by atoms with Gasteiger partial charge in [-0.05, 0) is 24.7 Å². The second-order valence-corrected chi connectivity index (χ2v) is 5.72. The summed E-state index contributed by atoms with van der Waals surface area (Å²) in [7, 11) is 0. The van der Waals surface area contributed by atoms with Crippen LogP contribution in [0.5, 0.6) is 0 Å². The maximum Gasteiger partial charge on any atom is 0.149 e. The summed E-state index contributed by atoms with van der Waals surface area (Å²) in [6, 6.07) is 0. The molecule has 0 aromatic carbocycles. The predicted molar refractivity (Wildman–Crippen MR) is 63.8 cm³/mol. The van der Waals surface area contributed by atoms with Crippen LogP contribution in [0.3, 0.4) is 0 Å². The summed E-state index contributed by atoms with van der Waals surface area (Å²) in [4.78, 5) is 14.1. The van der Waals surface area contributed by atoms with Crippen LogP contribution in [0.25, 0.3) is 0 Å². The van der Waals surface area contributed by atoms with Gasteiger partial charge in [0, 0.05) is 19.0 Å². The number of hydrogen-bond acceptors (Lipinski definition) is 2. The summed E-state index contributed by atoms with van der Waals surface area (Å²) in [5, 5.41) is 0. The van der Waals surface area contributed by atoms with E-state index in [1.165, 1.54) is 0 Å². The second-order valence-electron chi connectivity index (χ2n) is 5.72. The Morgan fingerprint density at radius 2 is 1.60 bits per heavy atom. The number of nitrogens with zero attached hydrogens (tertiary/aromatic N) is 1. The van der Waals surface area contributed by atoms with E-state index in [1.54, 1.807) is 0 Å². The molecule has 0 aromatic rings. The Hall–Kier alpha value is -0.370. The molecule has 1 rings (SSSR count). The van der Waals surface area contributed by atoms with E-state index >= 15 is 0 Å². The highest BCUT2D eigenvalue weighted by Gasteiger charge is 2.30. The third kappa shape index (κ3) is 5.31. The molecule has 1 fully saturated rings. The minimum absolute atomic E-state index is 0.409. The van der Waals surface area contributed by atoms with Crippen LogP contribution in [0.15, 0.2) is 0 Å². The van der Waals surface area contributed by atoms with Crippen molar-refractivity contribution >= 4 is 5.78 Å². The second kappa shape index (κ2) is 5.64. The van der Waals surface area contributed by atoms with E-state index in [0.29, 0.717) is 30.1 Å². The summed E-state index contributed by atoms with van der Waals surface area (Å²) in [5.41, 5.74) is 0. The summed E-state index contributed by atoms with van der Waals surface area (Å²) in [6.45, 7) is 11.7. The lowest BCUT2D eigenvalue weighted by Gasteiger charge is -2.25. The molecule has 0 atom stereocenters. The number of ketones is 1. The van der Waals surface area contributed by atoms with Gasteiger partial charge in [0.15, 0.2) is 0 Å². The van der Waals surface area contributed by atoms with Crippen LogP contribution in [0, 0.1) is 17.8 Å². The van der Waals surface area contributed by atoms with Crippen molar-refractivity contribution < 1.29 is 4.79 Å². The molecule has 2 nitrogen and oxygen atoms in total. The van der Waals surface area contributed by atoms with Crippen LogP contribution in [-0.2, 0) is 4.79 Å². The molecule has 1 saturated carbocycles. The monoisotopic (exact) mass is 211 g/mol. The lowest BCUT2D eigenvalue weighted by molar-refractivity contribution is -0.121. The van der Waals surface area contributed by atoms with Crippen LogP contribution in [0.4, 0.5) is 0 Å². The first-order chi connectivity index (χ1) is 6.99.